The van der Waals surface area contributed by atoms with Gasteiger partial charge in [0.05, 0.1) is 5.92 Å². The summed E-state index contributed by atoms with van der Waals surface area (Å²) in [6.45, 7) is 2.49. The van der Waals surface area contributed by atoms with Gasteiger partial charge in [0.2, 0.25) is 0 Å². The number of hydrogen-bond acceptors (Lipinski definition) is 2. The minimum absolute atomic E-state index is 0.154. The lowest BCUT2D eigenvalue weighted by atomic mass is 10.0. The summed E-state index contributed by atoms with van der Waals surface area (Å²) in [5, 5.41) is 0. The molecule has 0 amide bonds. The van der Waals surface area contributed by atoms with Gasteiger partial charge in [-0.05, 0) is 14.1 Å². The van der Waals surface area contributed by atoms with Gasteiger partial charge in [-0.2, -0.15) is 0 Å². The Labute approximate surface area is 68.6 Å². The summed E-state index contributed by atoms with van der Waals surface area (Å²) in [6.07, 6.45) is 5.73. The fourth-order valence-corrected chi connectivity index (χ4v) is 0.859. The van der Waals surface area contributed by atoms with E-state index in [1.165, 1.54) is 0 Å². The first-order chi connectivity index (χ1) is 5.11. The van der Waals surface area contributed by atoms with Crippen LogP contribution < -0.4 is 0 Å². The lowest BCUT2D eigenvalue weighted by molar-refractivity contribution is -0.121. The largest absolute Gasteiger partial charge is 0.308 e. The molecule has 0 aliphatic heterocycles. The third kappa shape index (κ3) is 3.79. The number of carbonyl (C=O) groups excluding carboxylic acids is 1. The van der Waals surface area contributed by atoms with Crippen LogP contribution in [0.5, 0.6) is 0 Å². The van der Waals surface area contributed by atoms with E-state index in [1.807, 2.05) is 25.9 Å². The van der Waals surface area contributed by atoms with E-state index in [0.29, 0.717) is 13.0 Å². The van der Waals surface area contributed by atoms with Gasteiger partial charge < -0.3 is 4.90 Å². The average molecular weight is 153 g/mol. The highest BCUT2D eigenvalue weighted by Crippen LogP contribution is 2.00. The molecule has 1 atom stereocenters. The Morgan fingerprint density at radius 1 is 1.64 bits per heavy atom. The van der Waals surface area contributed by atoms with Crippen LogP contribution in [-0.2, 0) is 4.79 Å². The molecule has 62 valence electrons. The van der Waals surface area contributed by atoms with Crippen molar-refractivity contribution < 1.29 is 4.79 Å². The number of nitrogens with zero attached hydrogens (tertiary/aromatic N) is 1. The Morgan fingerprint density at radius 3 is 2.45 bits per heavy atom. The molecule has 0 spiro atoms. The monoisotopic (exact) mass is 153 g/mol. The van der Waals surface area contributed by atoms with E-state index >= 15 is 0 Å². The van der Waals surface area contributed by atoms with E-state index in [0.717, 1.165) is 0 Å². The quantitative estimate of drug-likeness (QED) is 0.556. The van der Waals surface area contributed by atoms with Gasteiger partial charge in [-0.15, -0.1) is 6.42 Å². The summed E-state index contributed by atoms with van der Waals surface area (Å²) in [7, 11) is 3.82. The molecule has 0 N–H and O–H groups in total. The molecule has 0 bridgehead atoms. The maximum absolute atomic E-state index is 11.1. The molecule has 0 aromatic carbocycles. The maximum Gasteiger partial charge on any atom is 0.148 e. The van der Waals surface area contributed by atoms with Crippen LogP contribution in [0.2, 0.25) is 0 Å². The van der Waals surface area contributed by atoms with Crippen molar-refractivity contribution in [2.75, 3.05) is 20.6 Å². The van der Waals surface area contributed by atoms with Crippen molar-refractivity contribution in [2.24, 2.45) is 5.92 Å². The Bertz CT molecular complexity index is 167. The van der Waals surface area contributed by atoms with Gasteiger partial charge in [-0.25, -0.2) is 0 Å². The molecule has 0 saturated heterocycles. The molecule has 0 aromatic heterocycles. The average Bonchev–Trinajstić information content (AvgIpc) is 1.98. The van der Waals surface area contributed by atoms with Crippen molar-refractivity contribution in [3.63, 3.8) is 0 Å². The maximum atomic E-state index is 11.1. The van der Waals surface area contributed by atoms with Gasteiger partial charge in [-0.1, -0.05) is 12.8 Å². The highest BCUT2D eigenvalue weighted by Gasteiger charge is 2.13. The Balaban J connectivity index is 3.98. The van der Waals surface area contributed by atoms with E-state index in [9.17, 15) is 4.79 Å². The summed E-state index contributed by atoms with van der Waals surface area (Å²) < 4.78 is 0. The zero-order valence-corrected chi connectivity index (χ0v) is 7.42. The minimum Gasteiger partial charge on any atom is -0.308 e. The SMILES string of the molecule is C#C[C@@H](CN(C)C)C(=O)CC. The van der Waals surface area contributed by atoms with Crippen molar-refractivity contribution in [2.45, 2.75) is 13.3 Å². The van der Waals surface area contributed by atoms with Crippen LogP contribution in [0, 0.1) is 18.3 Å². The highest BCUT2D eigenvalue weighted by atomic mass is 16.1. The second-order valence-corrected chi connectivity index (χ2v) is 2.80. The predicted octanol–water partition coefficient (Wildman–Crippen LogP) is 0.776. The molecule has 0 rings (SSSR count). The number of hydrogen-bond donors (Lipinski definition) is 0. The van der Waals surface area contributed by atoms with Crippen molar-refractivity contribution >= 4 is 5.78 Å². The third-order valence-electron chi connectivity index (χ3n) is 1.49. The first kappa shape index (κ1) is 10.2. The van der Waals surface area contributed by atoms with Crippen molar-refractivity contribution in [3.8, 4) is 12.3 Å². The summed E-state index contributed by atoms with van der Waals surface area (Å²) >= 11 is 0. The number of Topliss-reactive ketones (excluding diaryl/α,β-unsaturated/α-hetero) is 1. The fourth-order valence-electron chi connectivity index (χ4n) is 0.859. The van der Waals surface area contributed by atoms with Crippen LogP contribution in [-0.4, -0.2) is 31.3 Å². The summed E-state index contributed by atoms with van der Waals surface area (Å²) in [4.78, 5) is 13.0. The van der Waals surface area contributed by atoms with Gasteiger partial charge in [0, 0.05) is 13.0 Å². The van der Waals surface area contributed by atoms with Crippen LogP contribution in [0.1, 0.15) is 13.3 Å². The zero-order valence-electron chi connectivity index (χ0n) is 7.42. The molecule has 0 saturated carbocycles. The van der Waals surface area contributed by atoms with Crippen LogP contribution in [0.25, 0.3) is 0 Å². The fraction of sp³-hybridized carbons (Fsp3) is 0.667. The van der Waals surface area contributed by atoms with E-state index in [1.54, 1.807) is 0 Å². The zero-order chi connectivity index (χ0) is 8.85. The first-order valence-electron chi connectivity index (χ1n) is 3.75. The number of ketones is 1. The smallest absolute Gasteiger partial charge is 0.148 e. The number of carbonyl (C=O) groups is 1. The lowest BCUT2D eigenvalue weighted by Crippen LogP contribution is -2.26. The first-order valence-corrected chi connectivity index (χ1v) is 3.75. The molecule has 0 aliphatic carbocycles. The molecule has 0 radical (unpaired) electrons. The van der Waals surface area contributed by atoms with Gasteiger partial charge in [0.1, 0.15) is 5.78 Å². The van der Waals surface area contributed by atoms with E-state index in [2.05, 4.69) is 5.92 Å². The molecule has 0 aromatic rings. The molecule has 2 nitrogen and oxygen atoms in total. The van der Waals surface area contributed by atoms with Crippen molar-refractivity contribution in [1.29, 1.82) is 0 Å². The molecule has 0 heterocycles. The molecule has 0 aliphatic rings. The third-order valence-corrected chi connectivity index (χ3v) is 1.49. The second kappa shape index (κ2) is 4.92. The normalized spacial score (nSPS) is 12.6. The summed E-state index contributed by atoms with van der Waals surface area (Å²) in [6, 6.07) is 0. The van der Waals surface area contributed by atoms with Crippen LogP contribution >= 0.6 is 0 Å². The molecule has 0 fully saturated rings. The van der Waals surface area contributed by atoms with Gasteiger partial charge in [0.25, 0.3) is 0 Å². The standard InChI is InChI=1S/C9H15NO/c1-5-8(7-10(3)4)9(11)6-2/h1,8H,6-7H2,2-4H3/t8-/m0/s1. The van der Waals surface area contributed by atoms with E-state index in [4.69, 9.17) is 6.42 Å². The molecular formula is C9H15NO. The van der Waals surface area contributed by atoms with Crippen molar-refractivity contribution in [3.05, 3.63) is 0 Å². The summed E-state index contributed by atoms with van der Waals surface area (Å²) in [5.74, 6) is 2.42. The predicted molar refractivity (Wildman–Crippen MR) is 46.2 cm³/mol. The molecule has 2 heteroatoms. The molecule has 11 heavy (non-hydrogen) atoms. The van der Waals surface area contributed by atoms with Gasteiger partial charge in [0.15, 0.2) is 0 Å². The Kier molecular flexibility index (Phi) is 4.56. The lowest BCUT2D eigenvalue weighted by Gasteiger charge is -2.13. The number of rotatable bonds is 4. The highest BCUT2D eigenvalue weighted by molar-refractivity contribution is 5.83. The van der Waals surface area contributed by atoms with E-state index < -0.39 is 0 Å². The number of terminal acetylenes is 1. The van der Waals surface area contributed by atoms with Crippen LogP contribution in [0.15, 0.2) is 0 Å². The Hall–Kier alpha value is -0.810. The second-order valence-electron chi connectivity index (χ2n) is 2.80. The molecule has 0 unspecified atom stereocenters. The van der Waals surface area contributed by atoms with Crippen LogP contribution in [0.3, 0.4) is 0 Å². The van der Waals surface area contributed by atoms with E-state index in [-0.39, 0.29) is 11.7 Å². The van der Waals surface area contributed by atoms with Gasteiger partial charge in [-0.3, -0.25) is 4.79 Å². The minimum atomic E-state index is -0.227. The topological polar surface area (TPSA) is 20.3 Å². The molecular weight excluding hydrogens is 138 g/mol. The summed E-state index contributed by atoms with van der Waals surface area (Å²) in [5.41, 5.74) is 0. The van der Waals surface area contributed by atoms with Crippen LogP contribution in [0.4, 0.5) is 0 Å². The van der Waals surface area contributed by atoms with Crippen molar-refractivity contribution in [1.82, 2.24) is 4.90 Å². The Morgan fingerprint density at radius 2 is 2.18 bits per heavy atom. The van der Waals surface area contributed by atoms with Gasteiger partial charge >= 0.3 is 0 Å².